The SMILES string of the molecule is CN(C)CCN(Cc1ccc(C(=O)Cc2cscc2NC(=O)OC(C)(C)C)nc1)C(=O)NCCc1ccc2c(c1)OCO2. The van der Waals surface area contributed by atoms with Crippen LogP contribution in [0, 0.1) is 0 Å². The highest BCUT2D eigenvalue weighted by Crippen LogP contribution is 2.32. The second-order valence-electron chi connectivity index (χ2n) is 11.5. The van der Waals surface area contributed by atoms with Gasteiger partial charge in [0, 0.05) is 44.2 Å². The zero-order chi connectivity index (χ0) is 31.0. The largest absolute Gasteiger partial charge is 0.454 e. The van der Waals surface area contributed by atoms with Gasteiger partial charge in [0.15, 0.2) is 17.3 Å². The third-order valence-corrected chi connectivity index (χ3v) is 7.24. The first-order chi connectivity index (χ1) is 20.5. The quantitative estimate of drug-likeness (QED) is 0.277. The predicted molar refractivity (Wildman–Crippen MR) is 165 cm³/mol. The molecule has 11 nitrogen and oxygen atoms in total. The number of hydrogen-bond acceptors (Lipinski definition) is 9. The smallest absolute Gasteiger partial charge is 0.412 e. The molecule has 0 bridgehead atoms. The highest BCUT2D eigenvalue weighted by molar-refractivity contribution is 7.08. The van der Waals surface area contributed by atoms with Crippen molar-refractivity contribution in [1.82, 2.24) is 20.1 Å². The molecule has 0 saturated heterocycles. The Morgan fingerprint density at radius 2 is 1.79 bits per heavy atom. The molecule has 3 aromatic rings. The molecule has 2 aromatic heterocycles. The average molecular weight is 610 g/mol. The minimum atomic E-state index is -0.626. The van der Waals surface area contributed by atoms with Gasteiger partial charge in [-0.3, -0.25) is 15.1 Å². The number of ketones is 1. The minimum absolute atomic E-state index is 0.0850. The summed E-state index contributed by atoms with van der Waals surface area (Å²) < 4.78 is 16.1. The van der Waals surface area contributed by atoms with Gasteiger partial charge in [-0.1, -0.05) is 12.1 Å². The van der Waals surface area contributed by atoms with E-state index < -0.39 is 11.7 Å². The Hall–Kier alpha value is -4.16. The van der Waals surface area contributed by atoms with Crippen LogP contribution >= 0.6 is 11.3 Å². The van der Waals surface area contributed by atoms with Crippen LogP contribution in [0.25, 0.3) is 0 Å². The van der Waals surface area contributed by atoms with Crippen LogP contribution in [-0.2, 0) is 24.1 Å². The first-order valence-electron chi connectivity index (χ1n) is 14.1. The molecule has 1 aromatic carbocycles. The van der Waals surface area contributed by atoms with E-state index in [2.05, 4.69) is 15.6 Å². The van der Waals surface area contributed by atoms with Crippen molar-refractivity contribution in [1.29, 1.82) is 0 Å². The Labute approximate surface area is 256 Å². The second kappa shape index (κ2) is 14.3. The molecule has 0 atom stereocenters. The van der Waals surface area contributed by atoms with E-state index in [1.54, 1.807) is 43.3 Å². The van der Waals surface area contributed by atoms with Crippen LogP contribution in [0.2, 0.25) is 0 Å². The zero-order valence-electron chi connectivity index (χ0n) is 25.3. The number of urea groups is 1. The highest BCUT2D eigenvalue weighted by Gasteiger charge is 2.20. The Balaban J connectivity index is 1.32. The molecule has 3 amide bonds. The summed E-state index contributed by atoms with van der Waals surface area (Å²) in [4.78, 5) is 46.4. The van der Waals surface area contributed by atoms with Gasteiger partial charge in [-0.25, -0.2) is 9.59 Å². The van der Waals surface area contributed by atoms with Crippen LogP contribution in [0.3, 0.4) is 0 Å². The molecule has 43 heavy (non-hydrogen) atoms. The van der Waals surface area contributed by atoms with E-state index in [0.29, 0.717) is 49.5 Å². The van der Waals surface area contributed by atoms with E-state index in [9.17, 15) is 14.4 Å². The van der Waals surface area contributed by atoms with Crippen molar-refractivity contribution in [3.63, 3.8) is 0 Å². The fourth-order valence-electron chi connectivity index (χ4n) is 4.25. The maximum absolute atomic E-state index is 13.1. The number of nitrogens with one attached hydrogen (secondary N) is 2. The number of nitrogens with zero attached hydrogens (tertiary/aromatic N) is 3. The van der Waals surface area contributed by atoms with Gasteiger partial charge in [-0.15, -0.1) is 11.3 Å². The van der Waals surface area contributed by atoms with Gasteiger partial charge in [0.25, 0.3) is 0 Å². The van der Waals surface area contributed by atoms with Gasteiger partial charge in [0.2, 0.25) is 6.79 Å². The number of thiophene rings is 1. The van der Waals surface area contributed by atoms with E-state index >= 15 is 0 Å². The monoisotopic (exact) mass is 609 g/mol. The van der Waals surface area contributed by atoms with Gasteiger partial charge >= 0.3 is 12.1 Å². The van der Waals surface area contributed by atoms with Crippen molar-refractivity contribution in [3.8, 4) is 11.5 Å². The third kappa shape index (κ3) is 9.69. The molecule has 0 unspecified atom stereocenters. The summed E-state index contributed by atoms with van der Waals surface area (Å²) in [6, 6.07) is 9.09. The predicted octanol–water partition coefficient (Wildman–Crippen LogP) is 4.96. The van der Waals surface area contributed by atoms with Gasteiger partial charge in [0.05, 0.1) is 5.69 Å². The molecular weight excluding hydrogens is 570 g/mol. The van der Waals surface area contributed by atoms with Crippen molar-refractivity contribution in [2.45, 2.75) is 45.8 Å². The number of Topliss-reactive ketones (excluding diaryl/α,β-unsaturated/α-hetero) is 1. The van der Waals surface area contributed by atoms with E-state index in [4.69, 9.17) is 14.2 Å². The van der Waals surface area contributed by atoms with Crippen LogP contribution in [-0.4, -0.2) is 78.8 Å². The maximum atomic E-state index is 13.1. The molecule has 3 heterocycles. The molecule has 0 saturated carbocycles. The molecule has 0 aliphatic carbocycles. The lowest BCUT2D eigenvalue weighted by atomic mass is 10.1. The number of aromatic nitrogens is 1. The van der Waals surface area contributed by atoms with E-state index in [0.717, 1.165) is 22.6 Å². The number of amides is 3. The fourth-order valence-corrected chi connectivity index (χ4v) is 5.03. The first kappa shape index (κ1) is 31.8. The van der Waals surface area contributed by atoms with Crippen molar-refractivity contribution in [2.75, 3.05) is 45.8 Å². The number of carbonyl (C=O) groups excluding carboxylic acids is 3. The lowest BCUT2D eigenvalue weighted by Crippen LogP contribution is -2.43. The molecule has 0 radical (unpaired) electrons. The van der Waals surface area contributed by atoms with Crippen molar-refractivity contribution < 1.29 is 28.6 Å². The van der Waals surface area contributed by atoms with Crippen LogP contribution in [0.4, 0.5) is 15.3 Å². The second-order valence-corrected chi connectivity index (χ2v) is 12.2. The molecule has 1 aliphatic rings. The molecule has 230 valence electrons. The van der Waals surface area contributed by atoms with Gasteiger partial charge < -0.3 is 29.3 Å². The normalized spacial score (nSPS) is 12.2. The standard InChI is InChI=1S/C31H39N5O6S/c1-31(2,3)42-30(39)34-25-19-43-18-23(25)15-26(37)24-8-6-22(16-33-24)17-36(13-12-35(4)5)29(38)32-11-10-21-7-9-27-28(14-21)41-20-40-27/h6-9,14,16,18-19H,10-13,15,17,20H2,1-5H3,(H,32,38)(H,34,39). The molecule has 0 spiro atoms. The summed E-state index contributed by atoms with van der Waals surface area (Å²) in [6.45, 7) is 7.62. The summed E-state index contributed by atoms with van der Waals surface area (Å²) in [5.74, 6) is 1.28. The van der Waals surface area contributed by atoms with Crippen molar-refractivity contribution in [3.05, 3.63) is 69.7 Å². The Kier molecular flexibility index (Phi) is 10.6. The lowest BCUT2D eigenvalue weighted by Gasteiger charge is -2.25. The third-order valence-electron chi connectivity index (χ3n) is 6.44. The number of rotatable bonds is 12. The van der Waals surface area contributed by atoms with Gasteiger partial charge in [0.1, 0.15) is 11.3 Å². The van der Waals surface area contributed by atoms with Crippen LogP contribution in [0.5, 0.6) is 11.5 Å². The molecule has 1 aliphatic heterocycles. The number of ether oxygens (including phenoxy) is 3. The van der Waals surface area contributed by atoms with Crippen LogP contribution in [0.1, 0.15) is 48.0 Å². The Bertz CT molecular complexity index is 1420. The number of anilines is 1. The van der Waals surface area contributed by atoms with Gasteiger partial charge in [-0.2, -0.15) is 0 Å². The number of hydrogen-bond donors (Lipinski definition) is 2. The number of pyridine rings is 1. The molecule has 2 N–H and O–H groups in total. The summed E-state index contributed by atoms with van der Waals surface area (Å²) in [7, 11) is 3.92. The number of fused-ring (bicyclic) bond motifs is 1. The summed E-state index contributed by atoms with van der Waals surface area (Å²) >= 11 is 1.39. The van der Waals surface area contributed by atoms with Crippen molar-refractivity contribution >= 4 is 34.9 Å². The molecule has 4 rings (SSSR count). The maximum Gasteiger partial charge on any atom is 0.412 e. The number of likely N-dealkylation sites (N-methyl/N-ethyl adjacent to an activating group) is 1. The fraction of sp³-hybridized carbons (Fsp3) is 0.419. The molecule has 0 fully saturated rings. The Morgan fingerprint density at radius 3 is 2.51 bits per heavy atom. The minimum Gasteiger partial charge on any atom is -0.454 e. The highest BCUT2D eigenvalue weighted by atomic mass is 32.1. The van der Waals surface area contributed by atoms with E-state index in [1.807, 2.05) is 48.6 Å². The van der Waals surface area contributed by atoms with Crippen LogP contribution < -0.4 is 20.1 Å². The summed E-state index contributed by atoms with van der Waals surface area (Å²) in [5.41, 5.74) is 2.78. The lowest BCUT2D eigenvalue weighted by molar-refractivity contribution is 0.0635. The van der Waals surface area contributed by atoms with Crippen molar-refractivity contribution in [2.24, 2.45) is 0 Å². The Morgan fingerprint density at radius 1 is 1.02 bits per heavy atom. The molecular formula is C31H39N5O6S. The average Bonchev–Trinajstić information content (AvgIpc) is 3.59. The summed E-state index contributed by atoms with van der Waals surface area (Å²) in [6.07, 6.45) is 1.80. The first-order valence-corrected chi connectivity index (χ1v) is 15.0. The number of carbonyl (C=O) groups is 3. The van der Waals surface area contributed by atoms with Crippen LogP contribution in [0.15, 0.2) is 47.3 Å². The van der Waals surface area contributed by atoms with E-state index in [1.165, 1.54) is 11.3 Å². The zero-order valence-corrected chi connectivity index (χ0v) is 26.1. The number of benzene rings is 1. The van der Waals surface area contributed by atoms with Gasteiger partial charge in [-0.05, 0) is 81.6 Å². The molecule has 12 heteroatoms. The summed E-state index contributed by atoms with van der Waals surface area (Å²) in [5, 5.41) is 9.33. The topological polar surface area (TPSA) is 122 Å². The van der Waals surface area contributed by atoms with E-state index in [-0.39, 0.29) is 25.0 Å².